The van der Waals surface area contributed by atoms with Gasteiger partial charge < -0.3 is 9.84 Å². The van der Waals surface area contributed by atoms with Gasteiger partial charge in [-0.05, 0) is 36.8 Å². The van der Waals surface area contributed by atoms with Gasteiger partial charge in [-0.3, -0.25) is 4.79 Å². The smallest absolute Gasteiger partial charge is 0.277 e. The van der Waals surface area contributed by atoms with E-state index in [2.05, 4.69) is 21.5 Å². The van der Waals surface area contributed by atoms with Crippen LogP contribution in [-0.2, 0) is 6.42 Å². The van der Waals surface area contributed by atoms with Gasteiger partial charge in [0.05, 0.1) is 15.2 Å². The minimum Gasteiger partial charge on any atom is -0.361 e. The summed E-state index contributed by atoms with van der Waals surface area (Å²) in [7, 11) is 0. The normalized spacial score (nSPS) is 10.9. The van der Waals surface area contributed by atoms with Crippen LogP contribution in [0.2, 0.25) is 0 Å². The van der Waals surface area contributed by atoms with Gasteiger partial charge in [-0.1, -0.05) is 29.4 Å². The highest BCUT2D eigenvalue weighted by Crippen LogP contribution is 2.24. The molecule has 1 N–H and O–H groups in total. The average molecular weight is 349 g/mol. The van der Waals surface area contributed by atoms with Crippen LogP contribution in [0.15, 0.2) is 59.1 Å². The summed E-state index contributed by atoms with van der Waals surface area (Å²) in [6.07, 6.45) is 0.774. The van der Waals surface area contributed by atoms with Crippen molar-refractivity contribution in [1.29, 1.82) is 0 Å². The molecule has 0 atom stereocenters. The summed E-state index contributed by atoms with van der Waals surface area (Å²) in [4.78, 5) is 16.7. The summed E-state index contributed by atoms with van der Waals surface area (Å²) in [6, 6.07) is 17.5. The zero-order chi connectivity index (χ0) is 17.2. The largest absolute Gasteiger partial charge is 0.361 e. The van der Waals surface area contributed by atoms with Crippen molar-refractivity contribution in [3.05, 3.63) is 76.6 Å². The van der Waals surface area contributed by atoms with Crippen LogP contribution in [0.4, 0.5) is 5.69 Å². The number of para-hydroxylation sites is 1. The molecule has 0 saturated carbocycles. The van der Waals surface area contributed by atoms with Crippen molar-refractivity contribution in [1.82, 2.24) is 10.1 Å². The van der Waals surface area contributed by atoms with Crippen LogP contribution in [0.3, 0.4) is 0 Å². The summed E-state index contributed by atoms with van der Waals surface area (Å²) in [6.45, 7) is 1.75. The topological polar surface area (TPSA) is 68.0 Å². The zero-order valence-electron chi connectivity index (χ0n) is 13.5. The SMILES string of the molecule is Cc1cc(C(=O)Nc2ccc(Cc3nc4ccccc4s3)cc2)no1. The third kappa shape index (κ3) is 3.44. The number of fused-ring (bicyclic) bond motifs is 1. The number of hydrogen-bond acceptors (Lipinski definition) is 5. The highest BCUT2D eigenvalue weighted by molar-refractivity contribution is 7.18. The predicted molar refractivity (Wildman–Crippen MR) is 98.1 cm³/mol. The van der Waals surface area contributed by atoms with Crippen LogP contribution >= 0.6 is 11.3 Å². The number of amides is 1. The van der Waals surface area contributed by atoms with Gasteiger partial charge in [-0.15, -0.1) is 11.3 Å². The van der Waals surface area contributed by atoms with Crippen molar-refractivity contribution in [2.75, 3.05) is 5.32 Å². The molecule has 0 bridgehead atoms. The zero-order valence-corrected chi connectivity index (χ0v) is 14.3. The fraction of sp³-hybridized carbons (Fsp3) is 0.105. The van der Waals surface area contributed by atoms with Crippen molar-refractivity contribution in [3.63, 3.8) is 0 Å². The molecular formula is C19H15N3O2S. The molecule has 0 unspecified atom stereocenters. The number of nitrogens with one attached hydrogen (secondary N) is 1. The van der Waals surface area contributed by atoms with Gasteiger partial charge in [0.25, 0.3) is 5.91 Å². The van der Waals surface area contributed by atoms with Gasteiger partial charge in [0, 0.05) is 18.2 Å². The first-order valence-electron chi connectivity index (χ1n) is 7.85. The van der Waals surface area contributed by atoms with E-state index >= 15 is 0 Å². The fourth-order valence-electron chi connectivity index (χ4n) is 2.54. The highest BCUT2D eigenvalue weighted by Gasteiger charge is 2.11. The van der Waals surface area contributed by atoms with E-state index in [9.17, 15) is 4.79 Å². The molecule has 2 aromatic carbocycles. The molecule has 25 heavy (non-hydrogen) atoms. The second kappa shape index (κ2) is 6.49. The van der Waals surface area contributed by atoms with Gasteiger partial charge in [0.1, 0.15) is 5.76 Å². The summed E-state index contributed by atoms with van der Waals surface area (Å²) < 4.78 is 6.12. The lowest BCUT2D eigenvalue weighted by Gasteiger charge is -2.04. The van der Waals surface area contributed by atoms with Gasteiger partial charge in [-0.2, -0.15) is 0 Å². The summed E-state index contributed by atoms with van der Waals surface area (Å²) >= 11 is 1.71. The molecule has 0 radical (unpaired) electrons. The Balaban J connectivity index is 1.45. The van der Waals surface area contributed by atoms with Crippen molar-refractivity contribution < 1.29 is 9.32 Å². The first-order chi connectivity index (χ1) is 12.2. The molecule has 0 aliphatic carbocycles. The molecule has 0 aliphatic heterocycles. The Bertz CT molecular complexity index is 1000. The van der Waals surface area contributed by atoms with Gasteiger partial charge in [-0.25, -0.2) is 4.98 Å². The van der Waals surface area contributed by atoms with E-state index in [-0.39, 0.29) is 11.6 Å². The van der Waals surface area contributed by atoms with Crippen molar-refractivity contribution >= 4 is 33.1 Å². The quantitative estimate of drug-likeness (QED) is 0.591. The second-order valence-electron chi connectivity index (χ2n) is 5.73. The lowest BCUT2D eigenvalue weighted by Crippen LogP contribution is -2.12. The summed E-state index contributed by atoms with van der Waals surface area (Å²) in [5.74, 6) is 0.326. The van der Waals surface area contributed by atoms with Crippen molar-refractivity contribution in [3.8, 4) is 0 Å². The van der Waals surface area contributed by atoms with Crippen LogP contribution in [0.25, 0.3) is 10.2 Å². The number of carbonyl (C=O) groups is 1. The van der Waals surface area contributed by atoms with Crippen LogP contribution in [0.1, 0.15) is 26.8 Å². The maximum atomic E-state index is 12.1. The second-order valence-corrected chi connectivity index (χ2v) is 6.84. The summed E-state index contributed by atoms with van der Waals surface area (Å²) in [5.41, 5.74) is 3.18. The van der Waals surface area contributed by atoms with Gasteiger partial charge >= 0.3 is 0 Å². The number of rotatable bonds is 4. The Morgan fingerprint density at radius 3 is 2.68 bits per heavy atom. The number of nitrogens with zero attached hydrogens (tertiary/aromatic N) is 2. The van der Waals surface area contributed by atoms with E-state index in [0.29, 0.717) is 5.76 Å². The van der Waals surface area contributed by atoms with E-state index in [1.54, 1.807) is 24.3 Å². The predicted octanol–water partition coefficient (Wildman–Crippen LogP) is 4.44. The van der Waals surface area contributed by atoms with E-state index in [4.69, 9.17) is 4.52 Å². The molecule has 0 aliphatic rings. The van der Waals surface area contributed by atoms with Crippen molar-refractivity contribution in [2.24, 2.45) is 0 Å². The molecule has 0 saturated heterocycles. The van der Waals surface area contributed by atoms with Crippen LogP contribution < -0.4 is 5.32 Å². The number of thiazole rings is 1. The Morgan fingerprint density at radius 1 is 1.16 bits per heavy atom. The summed E-state index contributed by atoms with van der Waals surface area (Å²) in [5, 5.41) is 7.60. The molecule has 6 heteroatoms. The standard InChI is InChI=1S/C19H15N3O2S/c1-12-10-16(22-24-12)19(23)20-14-8-6-13(7-9-14)11-18-21-15-4-2-3-5-17(15)25-18/h2-10H,11H2,1H3,(H,20,23). The Hall–Kier alpha value is -2.99. The fourth-order valence-corrected chi connectivity index (χ4v) is 3.55. The van der Waals surface area contributed by atoms with E-state index in [0.717, 1.165) is 28.2 Å². The van der Waals surface area contributed by atoms with Crippen LogP contribution in [-0.4, -0.2) is 16.0 Å². The number of benzene rings is 2. The average Bonchev–Trinajstić information content (AvgIpc) is 3.22. The lowest BCUT2D eigenvalue weighted by atomic mass is 10.1. The minimum absolute atomic E-state index is 0.274. The molecule has 4 rings (SSSR count). The Kier molecular flexibility index (Phi) is 4.03. The minimum atomic E-state index is -0.282. The molecule has 124 valence electrons. The molecular weight excluding hydrogens is 334 g/mol. The van der Waals surface area contributed by atoms with Gasteiger partial charge in [0.15, 0.2) is 5.69 Å². The van der Waals surface area contributed by atoms with E-state index < -0.39 is 0 Å². The maximum Gasteiger partial charge on any atom is 0.277 e. The Morgan fingerprint density at radius 2 is 1.96 bits per heavy atom. The third-order valence-electron chi connectivity index (χ3n) is 3.77. The number of carbonyl (C=O) groups excluding carboxylic acids is 1. The molecule has 1 amide bonds. The number of aryl methyl sites for hydroxylation is 1. The molecule has 0 fully saturated rings. The van der Waals surface area contributed by atoms with Gasteiger partial charge in [0.2, 0.25) is 0 Å². The molecule has 2 heterocycles. The highest BCUT2D eigenvalue weighted by atomic mass is 32.1. The van der Waals surface area contributed by atoms with Crippen LogP contribution in [0.5, 0.6) is 0 Å². The van der Waals surface area contributed by atoms with E-state index in [1.165, 1.54) is 4.70 Å². The lowest BCUT2D eigenvalue weighted by molar-refractivity contribution is 0.101. The third-order valence-corrected chi connectivity index (χ3v) is 4.80. The molecule has 5 nitrogen and oxygen atoms in total. The number of aromatic nitrogens is 2. The number of anilines is 1. The number of hydrogen-bond donors (Lipinski definition) is 1. The first kappa shape index (κ1) is 15.5. The molecule has 2 aromatic heterocycles. The molecule has 0 spiro atoms. The maximum absolute atomic E-state index is 12.1. The Labute approximate surface area is 148 Å². The van der Waals surface area contributed by atoms with Crippen molar-refractivity contribution in [2.45, 2.75) is 13.3 Å². The molecule has 4 aromatic rings. The first-order valence-corrected chi connectivity index (χ1v) is 8.67. The monoisotopic (exact) mass is 349 g/mol. The van der Waals surface area contributed by atoms with E-state index in [1.807, 2.05) is 42.5 Å². The van der Waals surface area contributed by atoms with Crippen LogP contribution in [0, 0.1) is 6.92 Å².